The van der Waals surface area contributed by atoms with Gasteiger partial charge in [-0.2, -0.15) is 0 Å². The van der Waals surface area contributed by atoms with E-state index in [4.69, 9.17) is 9.47 Å². The van der Waals surface area contributed by atoms with E-state index in [-0.39, 0.29) is 5.92 Å². The summed E-state index contributed by atoms with van der Waals surface area (Å²) in [5.74, 6) is 0.273. The molecule has 0 bridgehead atoms. The van der Waals surface area contributed by atoms with Crippen molar-refractivity contribution in [2.75, 3.05) is 36.6 Å². The van der Waals surface area contributed by atoms with E-state index >= 15 is 0 Å². The molecule has 0 saturated carbocycles. The van der Waals surface area contributed by atoms with Crippen molar-refractivity contribution in [1.29, 1.82) is 0 Å². The van der Waals surface area contributed by atoms with Crippen molar-refractivity contribution in [3.8, 4) is 6.01 Å². The van der Waals surface area contributed by atoms with Crippen LogP contribution in [-0.4, -0.2) is 53.1 Å². The van der Waals surface area contributed by atoms with E-state index < -0.39 is 5.60 Å². The highest BCUT2D eigenvalue weighted by atomic mass is 16.5. The minimum atomic E-state index is -0.715. The predicted molar refractivity (Wildman–Crippen MR) is 134 cm³/mol. The summed E-state index contributed by atoms with van der Waals surface area (Å²) in [4.78, 5) is 11.1. The summed E-state index contributed by atoms with van der Waals surface area (Å²) in [6, 6.07) is 7.50. The lowest BCUT2D eigenvalue weighted by molar-refractivity contribution is 0.0624. The summed E-state index contributed by atoms with van der Waals surface area (Å²) < 4.78 is 11.0. The van der Waals surface area contributed by atoms with Gasteiger partial charge in [-0.3, -0.25) is 0 Å². The molecule has 1 saturated heterocycles. The average Bonchev–Trinajstić information content (AvgIpc) is 2.80. The Morgan fingerprint density at radius 2 is 1.88 bits per heavy atom. The van der Waals surface area contributed by atoms with Crippen LogP contribution in [0.1, 0.15) is 71.8 Å². The van der Waals surface area contributed by atoms with Crippen molar-refractivity contribution < 1.29 is 14.6 Å². The fourth-order valence-corrected chi connectivity index (χ4v) is 4.62. The number of aliphatic hydroxyl groups is 1. The first kappa shape index (κ1) is 25.2. The lowest BCUT2D eigenvalue weighted by atomic mass is 9.85. The summed E-state index contributed by atoms with van der Waals surface area (Å²) in [6.45, 7) is 13.1. The maximum absolute atomic E-state index is 10.4. The number of ether oxygens (including phenoxy) is 2. The normalized spacial score (nSPS) is 15.8. The Labute approximate surface area is 198 Å². The van der Waals surface area contributed by atoms with Crippen LogP contribution in [0.3, 0.4) is 0 Å². The highest BCUT2D eigenvalue weighted by Gasteiger charge is 2.25. The Hall–Kier alpha value is -2.38. The lowest BCUT2D eigenvalue weighted by Crippen LogP contribution is -2.39. The molecule has 1 aromatic heterocycles. The van der Waals surface area contributed by atoms with Crippen LogP contribution in [0.2, 0.25) is 0 Å². The van der Waals surface area contributed by atoms with Gasteiger partial charge in [0.05, 0.1) is 41.7 Å². The molecule has 2 heterocycles. The highest BCUT2D eigenvalue weighted by Crippen LogP contribution is 2.37. The van der Waals surface area contributed by atoms with E-state index in [0.29, 0.717) is 25.1 Å². The minimum Gasteiger partial charge on any atom is -0.464 e. The second-order valence-electron chi connectivity index (χ2n) is 9.34. The molecule has 1 aliphatic heterocycles. The van der Waals surface area contributed by atoms with Crippen molar-refractivity contribution in [2.45, 2.75) is 77.9 Å². The molecule has 0 radical (unpaired) electrons. The zero-order valence-corrected chi connectivity index (χ0v) is 20.8. The van der Waals surface area contributed by atoms with Crippen molar-refractivity contribution in [3.05, 3.63) is 36.2 Å². The van der Waals surface area contributed by atoms with Crippen LogP contribution < -0.4 is 15.0 Å². The number of anilines is 3. The Morgan fingerprint density at radius 1 is 1.18 bits per heavy atom. The van der Waals surface area contributed by atoms with Gasteiger partial charge in [0.15, 0.2) is 0 Å². The van der Waals surface area contributed by atoms with Crippen LogP contribution in [0, 0.1) is 0 Å². The molecule has 0 spiro atoms. The van der Waals surface area contributed by atoms with Gasteiger partial charge in [-0.05, 0) is 77.0 Å². The standard InChI is InChI=1S/C26H40N4O3/c1-6-19(16-26(4,5)31)20-9-10-24(30(7-2)22-11-13-32-14-12-22)23(15-20)29-21-17-27-25(28-18-21)33-8-3/h9-10,15,17-19,22,29,31H,6-8,11-14,16H2,1-5H3. The molecule has 182 valence electrons. The lowest BCUT2D eigenvalue weighted by Gasteiger charge is -2.37. The van der Waals surface area contributed by atoms with E-state index in [1.54, 1.807) is 12.4 Å². The molecule has 2 N–H and O–H groups in total. The molecule has 0 aliphatic carbocycles. The largest absolute Gasteiger partial charge is 0.464 e. The first-order chi connectivity index (χ1) is 15.8. The molecule has 7 heteroatoms. The maximum atomic E-state index is 10.4. The van der Waals surface area contributed by atoms with Crippen LogP contribution in [-0.2, 0) is 4.74 Å². The molecule has 1 aliphatic rings. The maximum Gasteiger partial charge on any atom is 0.316 e. The zero-order valence-electron chi connectivity index (χ0n) is 20.8. The van der Waals surface area contributed by atoms with Gasteiger partial charge >= 0.3 is 6.01 Å². The minimum absolute atomic E-state index is 0.273. The molecule has 1 fully saturated rings. The molecule has 1 atom stereocenters. The van der Waals surface area contributed by atoms with Gasteiger partial charge in [0.25, 0.3) is 0 Å². The van der Waals surface area contributed by atoms with Crippen LogP contribution >= 0.6 is 0 Å². The number of aromatic nitrogens is 2. The molecule has 7 nitrogen and oxygen atoms in total. The Bertz CT molecular complexity index is 861. The van der Waals surface area contributed by atoms with Crippen LogP contribution in [0.5, 0.6) is 6.01 Å². The summed E-state index contributed by atoms with van der Waals surface area (Å²) >= 11 is 0. The molecule has 0 amide bonds. The number of benzene rings is 1. The van der Waals surface area contributed by atoms with E-state index in [2.05, 4.69) is 52.2 Å². The van der Waals surface area contributed by atoms with Crippen molar-refractivity contribution in [1.82, 2.24) is 9.97 Å². The van der Waals surface area contributed by atoms with Crippen LogP contribution in [0.15, 0.2) is 30.6 Å². The van der Waals surface area contributed by atoms with E-state index in [1.807, 2.05) is 20.8 Å². The highest BCUT2D eigenvalue weighted by molar-refractivity contribution is 5.76. The number of nitrogens with one attached hydrogen (secondary N) is 1. The topological polar surface area (TPSA) is 79.7 Å². The number of nitrogens with zero attached hydrogens (tertiary/aromatic N) is 3. The molecular formula is C26H40N4O3. The summed E-state index contributed by atoms with van der Waals surface area (Å²) in [5, 5.41) is 14.0. The fraction of sp³-hybridized carbons (Fsp3) is 0.615. The second-order valence-corrected chi connectivity index (χ2v) is 9.34. The van der Waals surface area contributed by atoms with E-state index in [9.17, 15) is 5.11 Å². The SMILES string of the molecule is CCOc1ncc(Nc2cc(C(CC)CC(C)(C)O)ccc2N(CC)C2CCOCC2)cn1. The third-order valence-electron chi connectivity index (χ3n) is 6.19. The van der Waals surface area contributed by atoms with Gasteiger partial charge in [-0.15, -0.1) is 0 Å². The van der Waals surface area contributed by atoms with Gasteiger partial charge < -0.3 is 24.8 Å². The van der Waals surface area contributed by atoms with Gasteiger partial charge in [-0.25, -0.2) is 9.97 Å². The molecule has 2 aromatic rings. The summed E-state index contributed by atoms with van der Waals surface area (Å²) in [7, 11) is 0. The Kier molecular flexibility index (Phi) is 8.92. The van der Waals surface area contributed by atoms with Crippen molar-refractivity contribution in [3.63, 3.8) is 0 Å². The van der Waals surface area contributed by atoms with Gasteiger partial charge in [0.2, 0.25) is 0 Å². The van der Waals surface area contributed by atoms with E-state index in [1.165, 1.54) is 11.3 Å². The Morgan fingerprint density at radius 3 is 2.45 bits per heavy atom. The molecule has 3 rings (SSSR count). The van der Waals surface area contributed by atoms with E-state index in [0.717, 1.165) is 50.4 Å². The van der Waals surface area contributed by atoms with Gasteiger partial charge in [0, 0.05) is 25.8 Å². The summed E-state index contributed by atoms with van der Waals surface area (Å²) in [6.07, 6.45) is 7.24. The zero-order chi connectivity index (χ0) is 23.8. The fourth-order valence-electron chi connectivity index (χ4n) is 4.62. The number of rotatable bonds is 11. The van der Waals surface area contributed by atoms with Gasteiger partial charge in [-0.1, -0.05) is 13.0 Å². The molecule has 33 heavy (non-hydrogen) atoms. The smallest absolute Gasteiger partial charge is 0.316 e. The van der Waals surface area contributed by atoms with Crippen LogP contribution in [0.4, 0.5) is 17.1 Å². The third-order valence-corrected chi connectivity index (χ3v) is 6.19. The quantitative estimate of drug-likeness (QED) is 0.476. The van der Waals surface area contributed by atoms with Gasteiger partial charge in [0.1, 0.15) is 0 Å². The number of hydrogen-bond acceptors (Lipinski definition) is 7. The molecular weight excluding hydrogens is 416 g/mol. The average molecular weight is 457 g/mol. The Balaban J connectivity index is 1.96. The predicted octanol–water partition coefficient (Wildman–Crippen LogP) is 5.28. The first-order valence-corrected chi connectivity index (χ1v) is 12.3. The molecule has 1 aromatic carbocycles. The van der Waals surface area contributed by atoms with Crippen LogP contribution in [0.25, 0.3) is 0 Å². The second kappa shape index (κ2) is 11.7. The third kappa shape index (κ3) is 7.05. The first-order valence-electron chi connectivity index (χ1n) is 12.3. The monoisotopic (exact) mass is 456 g/mol. The number of hydrogen-bond donors (Lipinski definition) is 2. The summed E-state index contributed by atoms with van der Waals surface area (Å²) in [5.41, 5.74) is 3.52. The molecule has 1 unspecified atom stereocenters. The van der Waals surface area contributed by atoms with Crippen molar-refractivity contribution in [2.24, 2.45) is 0 Å². The van der Waals surface area contributed by atoms with Crippen molar-refractivity contribution >= 4 is 17.1 Å².